The lowest BCUT2D eigenvalue weighted by atomic mass is 10.1. The van der Waals surface area contributed by atoms with E-state index in [1.165, 1.54) is 38.5 Å². The van der Waals surface area contributed by atoms with Crippen molar-refractivity contribution in [1.29, 1.82) is 0 Å². The van der Waals surface area contributed by atoms with Crippen LogP contribution in [0.3, 0.4) is 0 Å². The van der Waals surface area contributed by atoms with Crippen molar-refractivity contribution in [2.45, 2.75) is 38.5 Å². The van der Waals surface area contributed by atoms with E-state index >= 15 is 0 Å². The summed E-state index contributed by atoms with van der Waals surface area (Å²) in [4.78, 5) is 1.59. The maximum Gasteiger partial charge on any atom is 0.0154 e. The van der Waals surface area contributed by atoms with Gasteiger partial charge in [-0.1, -0.05) is 25.0 Å². The first-order chi connectivity index (χ1) is 5.93. The fourth-order valence-electron chi connectivity index (χ4n) is 1.46. The molecule has 0 aromatic heterocycles. The summed E-state index contributed by atoms with van der Waals surface area (Å²) in [6, 6.07) is 0. The molecule has 1 aliphatic rings. The minimum absolute atomic E-state index is 1.08. The average molecular weight is 182 g/mol. The summed E-state index contributed by atoms with van der Waals surface area (Å²) in [6.07, 6.45) is 12.6. The van der Waals surface area contributed by atoms with Gasteiger partial charge in [0.25, 0.3) is 0 Å². The van der Waals surface area contributed by atoms with Crippen LogP contribution in [0.25, 0.3) is 0 Å². The third kappa shape index (κ3) is 4.01. The van der Waals surface area contributed by atoms with E-state index in [0.29, 0.717) is 0 Å². The first kappa shape index (κ1) is 9.91. The van der Waals surface area contributed by atoms with E-state index < -0.39 is 0 Å². The molecule has 1 heteroatoms. The molecule has 0 N–H and O–H groups in total. The Morgan fingerprint density at radius 1 is 1.33 bits per heavy atom. The third-order valence-corrected chi connectivity index (χ3v) is 3.28. The van der Waals surface area contributed by atoms with Crippen molar-refractivity contribution in [1.82, 2.24) is 0 Å². The fourth-order valence-corrected chi connectivity index (χ4v) is 2.32. The zero-order chi connectivity index (χ0) is 8.65. The van der Waals surface area contributed by atoms with Gasteiger partial charge in [-0.3, -0.25) is 0 Å². The molecule has 0 bridgehead atoms. The molecule has 1 aliphatic carbocycles. The molecule has 0 atom stereocenters. The highest BCUT2D eigenvalue weighted by atomic mass is 32.2. The summed E-state index contributed by atoms with van der Waals surface area (Å²) in [5.74, 6) is 1.08. The van der Waals surface area contributed by atoms with Crippen molar-refractivity contribution >= 4 is 11.8 Å². The number of allylic oxidation sites excluding steroid dienone is 2. The SMILES string of the molecule is C=CCSC1=CCCCCCC1. The molecular formula is C11H18S. The van der Waals surface area contributed by atoms with Crippen LogP contribution in [0.15, 0.2) is 23.6 Å². The minimum atomic E-state index is 1.08. The van der Waals surface area contributed by atoms with Crippen molar-refractivity contribution in [3.05, 3.63) is 23.6 Å². The smallest absolute Gasteiger partial charge is 0.0154 e. The van der Waals surface area contributed by atoms with Crippen LogP contribution >= 0.6 is 11.8 Å². The maximum atomic E-state index is 3.74. The Balaban J connectivity index is 2.31. The van der Waals surface area contributed by atoms with Gasteiger partial charge < -0.3 is 0 Å². The Morgan fingerprint density at radius 2 is 2.17 bits per heavy atom. The van der Waals surface area contributed by atoms with E-state index in [1.807, 2.05) is 17.8 Å². The van der Waals surface area contributed by atoms with E-state index in [9.17, 15) is 0 Å². The monoisotopic (exact) mass is 182 g/mol. The molecule has 0 amide bonds. The second-order valence-electron chi connectivity index (χ2n) is 3.22. The second-order valence-corrected chi connectivity index (χ2v) is 4.37. The zero-order valence-corrected chi connectivity index (χ0v) is 8.54. The number of thioether (sulfide) groups is 1. The van der Waals surface area contributed by atoms with Gasteiger partial charge in [0.05, 0.1) is 0 Å². The van der Waals surface area contributed by atoms with E-state index in [0.717, 1.165) is 5.75 Å². The summed E-state index contributed by atoms with van der Waals surface area (Å²) >= 11 is 1.96. The Labute approximate surface area is 80.1 Å². The molecule has 0 aliphatic heterocycles. The standard InChI is InChI=1S/C11H18S/c1-2-10-12-11-8-6-4-3-5-7-9-11/h2,8H,1,3-7,9-10H2. The van der Waals surface area contributed by atoms with Gasteiger partial charge in [-0.05, 0) is 30.6 Å². The van der Waals surface area contributed by atoms with Gasteiger partial charge in [0.15, 0.2) is 0 Å². The fraction of sp³-hybridized carbons (Fsp3) is 0.636. The molecule has 12 heavy (non-hydrogen) atoms. The normalized spacial score (nSPS) is 19.2. The van der Waals surface area contributed by atoms with Gasteiger partial charge in [0.1, 0.15) is 0 Å². The molecule has 1 rings (SSSR count). The van der Waals surface area contributed by atoms with Crippen molar-refractivity contribution in [2.75, 3.05) is 5.75 Å². The number of rotatable bonds is 3. The molecule has 0 heterocycles. The van der Waals surface area contributed by atoms with Crippen LogP contribution < -0.4 is 0 Å². The highest BCUT2D eigenvalue weighted by Crippen LogP contribution is 2.25. The van der Waals surface area contributed by atoms with Gasteiger partial charge in [0.2, 0.25) is 0 Å². The summed E-state index contributed by atoms with van der Waals surface area (Å²) < 4.78 is 0. The molecule has 0 saturated carbocycles. The Morgan fingerprint density at radius 3 is 3.00 bits per heavy atom. The van der Waals surface area contributed by atoms with Crippen molar-refractivity contribution in [3.63, 3.8) is 0 Å². The van der Waals surface area contributed by atoms with Crippen LogP contribution in [-0.4, -0.2) is 5.75 Å². The van der Waals surface area contributed by atoms with Crippen molar-refractivity contribution in [3.8, 4) is 0 Å². The number of hydrogen-bond donors (Lipinski definition) is 0. The van der Waals surface area contributed by atoms with Gasteiger partial charge in [-0.15, -0.1) is 18.3 Å². The highest BCUT2D eigenvalue weighted by molar-refractivity contribution is 8.03. The zero-order valence-electron chi connectivity index (χ0n) is 7.72. The van der Waals surface area contributed by atoms with Crippen LogP contribution in [0.2, 0.25) is 0 Å². The summed E-state index contributed by atoms with van der Waals surface area (Å²) in [5, 5.41) is 0. The quantitative estimate of drug-likeness (QED) is 0.591. The predicted octanol–water partition coefficient (Wildman–Crippen LogP) is 4.14. The minimum Gasteiger partial charge on any atom is -0.127 e. The molecule has 0 saturated heterocycles. The van der Waals surface area contributed by atoms with Crippen LogP contribution in [0.5, 0.6) is 0 Å². The molecule has 0 aromatic carbocycles. The van der Waals surface area contributed by atoms with E-state index in [2.05, 4.69) is 12.7 Å². The Bertz CT molecular complexity index is 158. The molecule has 68 valence electrons. The summed E-state index contributed by atoms with van der Waals surface area (Å²) in [6.45, 7) is 3.74. The van der Waals surface area contributed by atoms with E-state index in [4.69, 9.17) is 0 Å². The summed E-state index contributed by atoms with van der Waals surface area (Å²) in [5.41, 5.74) is 0. The first-order valence-corrected chi connectivity index (χ1v) is 5.85. The summed E-state index contributed by atoms with van der Waals surface area (Å²) in [7, 11) is 0. The molecule has 0 spiro atoms. The predicted molar refractivity (Wildman–Crippen MR) is 58.4 cm³/mol. The molecule has 0 radical (unpaired) electrons. The van der Waals surface area contributed by atoms with Gasteiger partial charge >= 0.3 is 0 Å². The molecule has 0 unspecified atom stereocenters. The molecule has 0 aromatic rings. The average Bonchev–Trinajstić information content (AvgIpc) is 2.02. The number of hydrogen-bond acceptors (Lipinski definition) is 1. The Kier molecular flexibility index (Phi) is 5.25. The second kappa shape index (κ2) is 6.36. The van der Waals surface area contributed by atoms with Crippen LogP contribution in [0, 0.1) is 0 Å². The molecule has 0 fully saturated rings. The molecule has 0 nitrogen and oxygen atoms in total. The van der Waals surface area contributed by atoms with Gasteiger partial charge in [-0.2, -0.15) is 0 Å². The lowest BCUT2D eigenvalue weighted by molar-refractivity contribution is 0.635. The van der Waals surface area contributed by atoms with Crippen LogP contribution in [0.1, 0.15) is 38.5 Å². The topological polar surface area (TPSA) is 0 Å². The Hall–Kier alpha value is -0.170. The van der Waals surface area contributed by atoms with E-state index in [-0.39, 0.29) is 0 Å². The van der Waals surface area contributed by atoms with Gasteiger partial charge in [-0.25, -0.2) is 0 Å². The largest absolute Gasteiger partial charge is 0.127 e. The lowest BCUT2D eigenvalue weighted by Gasteiger charge is -2.09. The maximum absolute atomic E-state index is 3.74. The highest BCUT2D eigenvalue weighted by Gasteiger charge is 2.00. The molecular weight excluding hydrogens is 164 g/mol. The van der Waals surface area contributed by atoms with Gasteiger partial charge in [0, 0.05) is 5.75 Å². The van der Waals surface area contributed by atoms with Crippen LogP contribution in [-0.2, 0) is 0 Å². The van der Waals surface area contributed by atoms with Crippen LogP contribution in [0.4, 0.5) is 0 Å². The van der Waals surface area contributed by atoms with Crippen molar-refractivity contribution in [2.24, 2.45) is 0 Å². The van der Waals surface area contributed by atoms with Crippen molar-refractivity contribution < 1.29 is 0 Å². The third-order valence-electron chi connectivity index (χ3n) is 2.14. The lowest BCUT2D eigenvalue weighted by Crippen LogP contribution is -1.87. The van der Waals surface area contributed by atoms with E-state index in [1.54, 1.807) is 4.91 Å². The first-order valence-electron chi connectivity index (χ1n) is 4.86.